The first kappa shape index (κ1) is 28.3. The quantitative estimate of drug-likeness (QED) is 0.302. The van der Waals surface area contributed by atoms with Crippen LogP contribution >= 0.6 is 0 Å². The van der Waals surface area contributed by atoms with E-state index in [0.717, 1.165) is 28.2 Å². The summed E-state index contributed by atoms with van der Waals surface area (Å²) >= 11 is 0. The van der Waals surface area contributed by atoms with Crippen LogP contribution in [0.15, 0.2) is 91.4 Å². The Hall–Kier alpha value is -4.27. The minimum Gasteiger partial charge on any atom is -0.472 e. The molecule has 0 aliphatic carbocycles. The molecule has 212 valence electrons. The Kier molecular flexibility index (Phi) is 8.91. The molecule has 2 aromatic carbocycles. The number of rotatable bonds is 9. The first-order chi connectivity index (χ1) is 19.9. The number of aliphatic hydroxyl groups excluding tert-OH is 1. The van der Waals surface area contributed by atoms with Gasteiger partial charge in [0.15, 0.2) is 0 Å². The van der Waals surface area contributed by atoms with E-state index < -0.39 is 0 Å². The normalized spacial score (nSPS) is 17.8. The summed E-state index contributed by atoms with van der Waals surface area (Å²) in [5.41, 5.74) is 3.19. The van der Waals surface area contributed by atoms with E-state index in [4.69, 9.17) is 9.47 Å². The van der Waals surface area contributed by atoms with Crippen molar-refractivity contribution in [2.75, 3.05) is 26.7 Å². The van der Waals surface area contributed by atoms with E-state index in [2.05, 4.69) is 41.0 Å². The number of amides is 1. The predicted octanol–water partition coefficient (Wildman–Crippen LogP) is 5.29. The molecule has 3 atom stereocenters. The molecule has 1 aliphatic heterocycles. The van der Waals surface area contributed by atoms with Crippen LogP contribution in [0.3, 0.4) is 0 Å². The first-order valence-electron chi connectivity index (χ1n) is 13.9. The molecule has 8 heteroatoms. The standard InChI is InChI=1S/C33H36N4O4/c1-23-19-37(24(2)22-38)33(39)30-16-27(26-8-7-15-34-17-26)18-35-32(30)41-31(23)21-36(3)20-25-11-13-29(14-12-25)40-28-9-5-4-6-10-28/h4-18,23-24,31,38H,19-22H2,1-3H3/t23-,24+,31-/m0/s1. The highest BCUT2D eigenvalue weighted by molar-refractivity contribution is 5.98. The van der Waals surface area contributed by atoms with Gasteiger partial charge in [-0.15, -0.1) is 0 Å². The van der Waals surface area contributed by atoms with Crippen LogP contribution in [0.4, 0.5) is 0 Å². The highest BCUT2D eigenvalue weighted by atomic mass is 16.5. The molecule has 0 spiro atoms. The number of likely N-dealkylation sites (N-methyl/N-ethyl adjacent to an activating group) is 1. The molecule has 1 amide bonds. The molecule has 0 saturated heterocycles. The first-order valence-corrected chi connectivity index (χ1v) is 13.9. The molecule has 5 rings (SSSR count). The van der Waals surface area contributed by atoms with Crippen LogP contribution in [0.5, 0.6) is 17.4 Å². The maximum absolute atomic E-state index is 13.7. The number of aromatic nitrogens is 2. The van der Waals surface area contributed by atoms with Crippen molar-refractivity contribution in [3.8, 4) is 28.5 Å². The monoisotopic (exact) mass is 552 g/mol. The zero-order valence-electron chi connectivity index (χ0n) is 23.7. The highest BCUT2D eigenvalue weighted by Gasteiger charge is 2.34. The van der Waals surface area contributed by atoms with E-state index in [-0.39, 0.29) is 30.6 Å². The van der Waals surface area contributed by atoms with E-state index in [1.807, 2.05) is 67.6 Å². The lowest BCUT2D eigenvalue weighted by Crippen LogP contribution is -2.49. The predicted molar refractivity (Wildman–Crippen MR) is 158 cm³/mol. The number of carbonyl (C=O) groups excluding carboxylic acids is 1. The van der Waals surface area contributed by atoms with Crippen molar-refractivity contribution in [3.63, 3.8) is 0 Å². The minimum absolute atomic E-state index is 0.00463. The molecule has 3 heterocycles. The lowest BCUT2D eigenvalue weighted by Gasteiger charge is -2.37. The second kappa shape index (κ2) is 12.9. The second-order valence-corrected chi connectivity index (χ2v) is 10.7. The van der Waals surface area contributed by atoms with Crippen LogP contribution in [0.1, 0.15) is 29.8 Å². The number of pyridine rings is 2. The molecule has 0 bridgehead atoms. The van der Waals surface area contributed by atoms with Gasteiger partial charge < -0.3 is 19.5 Å². The van der Waals surface area contributed by atoms with Crippen molar-refractivity contribution >= 4 is 5.91 Å². The van der Waals surface area contributed by atoms with Crippen molar-refractivity contribution in [1.29, 1.82) is 0 Å². The number of hydrogen-bond donors (Lipinski definition) is 1. The fourth-order valence-corrected chi connectivity index (χ4v) is 4.98. The lowest BCUT2D eigenvalue weighted by molar-refractivity contribution is 0.0325. The second-order valence-electron chi connectivity index (χ2n) is 10.7. The Morgan fingerprint density at radius 3 is 2.51 bits per heavy atom. The number of ether oxygens (including phenoxy) is 2. The van der Waals surface area contributed by atoms with E-state index in [9.17, 15) is 9.90 Å². The summed E-state index contributed by atoms with van der Waals surface area (Å²) in [7, 11) is 2.06. The summed E-state index contributed by atoms with van der Waals surface area (Å²) in [6.45, 7) is 5.61. The van der Waals surface area contributed by atoms with Crippen LogP contribution in [-0.2, 0) is 6.54 Å². The molecular formula is C33H36N4O4. The molecule has 41 heavy (non-hydrogen) atoms. The van der Waals surface area contributed by atoms with E-state index in [1.165, 1.54) is 0 Å². The third-order valence-electron chi connectivity index (χ3n) is 7.36. The molecule has 1 aliphatic rings. The van der Waals surface area contributed by atoms with Gasteiger partial charge in [-0.2, -0.15) is 0 Å². The van der Waals surface area contributed by atoms with Crippen LogP contribution in [0.2, 0.25) is 0 Å². The van der Waals surface area contributed by atoms with Gasteiger partial charge in [0.05, 0.1) is 12.6 Å². The largest absolute Gasteiger partial charge is 0.472 e. The molecule has 4 aromatic rings. The highest BCUT2D eigenvalue weighted by Crippen LogP contribution is 2.30. The Labute approximate surface area is 241 Å². The maximum atomic E-state index is 13.7. The summed E-state index contributed by atoms with van der Waals surface area (Å²) in [5, 5.41) is 9.95. The number of fused-ring (bicyclic) bond motifs is 1. The molecule has 0 radical (unpaired) electrons. The Balaban J connectivity index is 1.33. The van der Waals surface area contributed by atoms with Crippen LogP contribution in [0.25, 0.3) is 11.1 Å². The van der Waals surface area contributed by atoms with E-state index in [1.54, 1.807) is 23.5 Å². The van der Waals surface area contributed by atoms with Gasteiger partial charge in [0.1, 0.15) is 23.2 Å². The van der Waals surface area contributed by atoms with Crippen molar-refractivity contribution in [3.05, 3.63) is 103 Å². The Morgan fingerprint density at radius 2 is 1.80 bits per heavy atom. The minimum atomic E-state index is -0.340. The van der Waals surface area contributed by atoms with Gasteiger partial charge in [-0.1, -0.05) is 43.3 Å². The number of para-hydroxylation sites is 1. The molecule has 2 aromatic heterocycles. The third kappa shape index (κ3) is 6.90. The lowest BCUT2D eigenvalue weighted by atomic mass is 9.99. The van der Waals surface area contributed by atoms with E-state index >= 15 is 0 Å². The summed E-state index contributed by atoms with van der Waals surface area (Å²) in [6.07, 6.45) is 4.94. The van der Waals surface area contributed by atoms with Crippen molar-refractivity contribution in [1.82, 2.24) is 19.8 Å². The van der Waals surface area contributed by atoms with Crippen molar-refractivity contribution < 1.29 is 19.4 Å². The van der Waals surface area contributed by atoms with Gasteiger partial charge >= 0.3 is 0 Å². The molecule has 8 nitrogen and oxygen atoms in total. The van der Waals surface area contributed by atoms with Crippen LogP contribution in [0, 0.1) is 5.92 Å². The number of nitrogens with zero attached hydrogens (tertiary/aromatic N) is 4. The summed E-state index contributed by atoms with van der Waals surface area (Å²) < 4.78 is 12.4. The average molecular weight is 553 g/mol. The van der Waals surface area contributed by atoms with Gasteiger partial charge in [0.25, 0.3) is 5.91 Å². The van der Waals surface area contributed by atoms with E-state index in [0.29, 0.717) is 31.1 Å². The fraction of sp³-hybridized carbons (Fsp3) is 0.303. The van der Waals surface area contributed by atoms with Gasteiger partial charge in [-0.3, -0.25) is 14.7 Å². The van der Waals surface area contributed by atoms with Crippen molar-refractivity contribution in [2.45, 2.75) is 32.5 Å². The molecule has 0 fully saturated rings. The summed E-state index contributed by atoms with van der Waals surface area (Å²) in [6, 6.07) is 23.1. The SMILES string of the molecule is C[C@H](CO)N1C[C@H](C)[C@H](CN(C)Cc2ccc(Oc3ccccc3)cc2)Oc2ncc(-c3cccnc3)cc2C1=O. The molecule has 1 N–H and O–H groups in total. The zero-order valence-corrected chi connectivity index (χ0v) is 23.7. The smallest absolute Gasteiger partial charge is 0.259 e. The summed E-state index contributed by atoms with van der Waals surface area (Å²) in [4.78, 5) is 26.4. The molecular weight excluding hydrogens is 516 g/mol. The Bertz CT molecular complexity index is 1430. The molecule has 0 saturated carbocycles. The number of benzene rings is 2. The van der Waals surface area contributed by atoms with Crippen LogP contribution in [-0.4, -0.2) is 69.7 Å². The van der Waals surface area contributed by atoms with Gasteiger partial charge in [0, 0.05) is 55.3 Å². The van der Waals surface area contributed by atoms with Gasteiger partial charge in [-0.25, -0.2) is 4.98 Å². The summed E-state index contributed by atoms with van der Waals surface area (Å²) in [5.74, 6) is 1.71. The number of hydrogen-bond acceptors (Lipinski definition) is 7. The third-order valence-corrected chi connectivity index (χ3v) is 7.36. The maximum Gasteiger partial charge on any atom is 0.259 e. The number of aliphatic hydroxyl groups is 1. The average Bonchev–Trinajstić information content (AvgIpc) is 3.00. The Morgan fingerprint density at radius 1 is 1.05 bits per heavy atom. The van der Waals surface area contributed by atoms with Gasteiger partial charge in [-0.05, 0) is 55.9 Å². The molecule has 0 unspecified atom stereocenters. The zero-order chi connectivity index (χ0) is 28.8. The topological polar surface area (TPSA) is 88.0 Å². The van der Waals surface area contributed by atoms with Crippen molar-refractivity contribution in [2.24, 2.45) is 5.92 Å². The van der Waals surface area contributed by atoms with Gasteiger partial charge in [0.2, 0.25) is 5.88 Å². The van der Waals surface area contributed by atoms with Crippen LogP contribution < -0.4 is 9.47 Å². The fourth-order valence-electron chi connectivity index (χ4n) is 4.98. The number of carbonyl (C=O) groups is 1.